The summed E-state index contributed by atoms with van der Waals surface area (Å²) in [6.07, 6.45) is 2.51. The van der Waals surface area contributed by atoms with Gasteiger partial charge in [0.05, 0.1) is 11.7 Å². The van der Waals surface area contributed by atoms with Crippen molar-refractivity contribution in [2.45, 2.75) is 4.21 Å². The zero-order valence-corrected chi connectivity index (χ0v) is 6.37. The summed E-state index contributed by atoms with van der Waals surface area (Å²) in [4.78, 5) is 3.63. The van der Waals surface area contributed by atoms with E-state index in [1.165, 1.54) is 18.0 Å². The van der Waals surface area contributed by atoms with E-state index in [2.05, 4.69) is 4.98 Å². The van der Waals surface area contributed by atoms with E-state index in [1.54, 1.807) is 0 Å². The molecule has 1 aromatic heterocycles. The first kappa shape index (κ1) is 6.70. The van der Waals surface area contributed by atoms with Crippen molar-refractivity contribution in [2.75, 3.05) is 6.26 Å². The van der Waals surface area contributed by atoms with Crippen LogP contribution in [0.4, 0.5) is 0 Å². The fourth-order valence-electron chi connectivity index (χ4n) is 0.387. The van der Waals surface area contributed by atoms with E-state index >= 15 is 0 Å². The highest BCUT2D eigenvalue weighted by atomic mass is 32.2. The standard InChI is InChI=1S/C4H5NO2S2/c1-9(6,7)4-2-5-3-8-4/h2-3H,1H3. The van der Waals surface area contributed by atoms with Gasteiger partial charge in [-0.2, -0.15) is 0 Å². The second-order valence-electron chi connectivity index (χ2n) is 1.59. The molecule has 1 heterocycles. The first-order chi connectivity index (χ1) is 4.11. The lowest BCUT2D eigenvalue weighted by Crippen LogP contribution is -1.91. The van der Waals surface area contributed by atoms with Gasteiger partial charge in [0.2, 0.25) is 0 Å². The summed E-state index contributed by atoms with van der Waals surface area (Å²) in [6, 6.07) is 0. The number of hydrogen-bond donors (Lipinski definition) is 0. The first-order valence-electron chi connectivity index (χ1n) is 2.19. The lowest BCUT2D eigenvalue weighted by Gasteiger charge is -1.84. The number of sulfone groups is 1. The van der Waals surface area contributed by atoms with Gasteiger partial charge in [0.1, 0.15) is 4.21 Å². The molecule has 0 spiro atoms. The molecule has 50 valence electrons. The summed E-state index contributed by atoms with van der Waals surface area (Å²) in [6.45, 7) is 0. The van der Waals surface area contributed by atoms with Crippen LogP contribution < -0.4 is 0 Å². The van der Waals surface area contributed by atoms with Crippen LogP contribution in [-0.2, 0) is 9.84 Å². The predicted octanol–water partition coefficient (Wildman–Crippen LogP) is 0.547. The van der Waals surface area contributed by atoms with Crippen molar-refractivity contribution in [3.05, 3.63) is 11.7 Å². The zero-order chi connectivity index (χ0) is 6.91. The summed E-state index contributed by atoms with van der Waals surface area (Å²) in [7, 11) is -3.00. The molecule has 0 saturated carbocycles. The Morgan fingerprint density at radius 3 is 2.56 bits per heavy atom. The molecule has 0 amide bonds. The van der Waals surface area contributed by atoms with Gasteiger partial charge in [0.25, 0.3) is 0 Å². The Kier molecular flexibility index (Phi) is 1.54. The minimum absolute atomic E-state index is 0.322. The van der Waals surface area contributed by atoms with Gasteiger partial charge >= 0.3 is 0 Å². The lowest BCUT2D eigenvalue weighted by molar-refractivity contribution is 0.603. The van der Waals surface area contributed by atoms with Crippen molar-refractivity contribution >= 4 is 21.2 Å². The molecule has 1 aromatic rings. The Labute approximate surface area is 57.3 Å². The fraction of sp³-hybridized carbons (Fsp3) is 0.250. The zero-order valence-electron chi connectivity index (χ0n) is 4.73. The molecule has 1 rings (SSSR count). The van der Waals surface area contributed by atoms with E-state index in [9.17, 15) is 8.42 Å². The minimum Gasteiger partial charge on any atom is -0.252 e. The third-order valence-corrected chi connectivity index (χ3v) is 3.37. The number of rotatable bonds is 1. The molecule has 0 fully saturated rings. The maximum atomic E-state index is 10.7. The van der Waals surface area contributed by atoms with Crippen molar-refractivity contribution < 1.29 is 8.42 Å². The van der Waals surface area contributed by atoms with Crippen LogP contribution in [0.1, 0.15) is 0 Å². The van der Waals surface area contributed by atoms with E-state index in [0.29, 0.717) is 4.21 Å². The number of hydrogen-bond acceptors (Lipinski definition) is 4. The lowest BCUT2D eigenvalue weighted by atomic mass is 11.0. The average Bonchev–Trinajstić information content (AvgIpc) is 2.08. The molecule has 3 nitrogen and oxygen atoms in total. The molecule has 9 heavy (non-hydrogen) atoms. The van der Waals surface area contributed by atoms with E-state index in [-0.39, 0.29) is 0 Å². The molecule has 0 aliphatic rings. The van der Waals surface area contributed by atoms with Crippen molar-refractivity contribution in [1.82, 2.24) is 4.98 Å². The average molecular weight is 163 g/mol. The molecule has 5 heteroatoms. The molecule has 0 atom stereocenters. The van der Waals surface area contributed by atoms with Crippen LogP contribution >= 0.6 is 11.3 Å². The third-order valence-electron chi connectivity index (χ3n) is 0.775. The molecule has 0 radical (unpaired) electrons. The highest BCUT2D eigenvalue weighted by Crippen LogP contribution is 2.11. The van der Waals surface area contributed by atoms with Gasteiger partial charge in [-0.05, 0) is 0 Å². The second-order valence-corrected chi connectivity index (χ2v) is 4.72. The topological polar surface area (TPSA) is 47.0 Å². The van der Waals surface area contributed by atoms with E-state index < -0.39 is 9.84 Å². The normalized spacial score (nSPS) is 11.7. The number of aromatic nitrogens is 1. The van der Waals surface area contributed by atoms with Crippen LogP contribution in [0.25, 0.3) is 0 Å². The molecule has 0 bridgehead atoms. The predicted molar refractivity (Wildman–Crippen MR) is 35.2 cm³/mol. The van der Waals surface area contributed by atoms with Crippen LogP contribution in [0.3, 0.4) is 0 Å². The highest BCUT2D eigenvalue weighted by Gasteiger charge is 2.06. The Balaban J connectivity index is 3.20. The fourth-order valence-corrected chi connectivity index (χ4v) is 1.82. The number of thiazole rings is 1. The largest absolute Gasteiger partial charge is 0.252 e. The molecular weight excluding hydrogens is 158 g/mol. The molecule has 0 N–H and O–H groups in total. The summed E-state index contributed by atoms with van der Waals surface area (Å²) in [5, 5.41) is 0. The van der Waals surface area contributed by atoms with E-state index in [1.807, 2.05) is 0 Å². The Bertz CT molecular complexity index is 274. The Hall–Kier alpha value is -0.420. The maximum Gasteiger partial charge on any atom is 0.186 e. The molecular formula is C4H5NO2S2. The van der Waals surface area contributed by atoms with Crippen molar-refractivity contribution in [3.8, 4) is 0 Å². The summed E-state index contributed by atoms with van der Waals surface area (Å²) in [5.74, 6) is 0. The monoisotopic (exact) mass is 163 g/mol. The quantitative estimate of drug-likeness (QED) is 0.607. The molecule has 0 aromatic carbocycles. The van der Waals surface area contributed by atoms with Crippen molar-refractivity contribution in [3.63, 3.8) is 0 Å². The summed E-state index contributed by atoms with van der Waals surface area (Å²) in [5.41, 5.74) is 1.50. The Morgan fingerprint density at radius 1 is 1.67 bits per heavy atom. The smallest absolute Gasteiger partial charge is 0.186 e. The molecule has 0 aliphatic heterocycles. The van der Waals surface area contributed by atoms with Crippen molar-refractivity contribution in [1.29, 1.82) is 0 Å². The van der Waals surface area contributed by atoms with Gasteiger partial charge in [-0.1, -0.05) is 0 Å². The molecule has 0 aliphatic carbocycles. The SMILES string of the molecule is CS(=O)(=O)c1cncs1. The van der Waals surface area contributed by atoms with E-state index in [4.69, 9.17) is 0 Å². The molecule has 0 unspecified atom stereocenters. The van der Waals surface area contributed by atoms with Crippen LogP contribution in [0.5, 0.6) is 0 Å². The van der Waals surface area contributed by atoms with Crippen LogP contribution in [-0.4, -0.2) is 19.7 Å². The minimum atomic E-state index is -3.00. The van der Waals surface area contributed by atoms with Gasteiger partial charge in [-0.3, -0.25) is 4.98 Å². The first-order valence-corrected chi connectivity index (χ1v) is 4.96. The summed E-state index contributed by atoms with van der Waals surface area (Å²) < 4.78 is 21.7. The summed E-state index contributed by atoms with van der Waals surface area (Å²) >= 11 is 1.13. The van der Waals surface area contributed by atoms with Gasteiger partial charge < -0.3 is 0 Å². The molecule has 0 saturated heterocycles. The van der Waals surface area contributed by atoms with Gasteiger partial charge in [-0.25, -0.2) is 8.42 Å². The van der Waals surface area contributed by atoms with Gasteiger partial charge in [0.15, 0.2) is 9.84 Å². The van der Waals surface area contributed by atoms with Gasteiger partial charge in [-0.15, -0.1) is 11.3 Å². The third kappa shape index (κ3) is 1.49. The van der Waals surface area contributed by atoms with E-state index in [0.717, 1.165) is 11.3 Å². The maximum absolute atomic E-state index is 10.7. The van der Waals surface area contributed by atoms with Crippen molar-refractivity contribution in [2.24, 2.45) is 0 Å². The van der Waals surface area contributed by atoms with Crippen LogP contribution in [0.15, 0.2) is 15.9 Å². The van der Waals surface area contributed by atoms with Crippen LogP contribution in [0.2, 0.25) is 0 Å². The van der Waals surface area contributed by atoms with Crippen LogP contribution in [0, 0.1) is 0 Å². The Morgan fingerprint density at radius 2 is 2.33 bits per heavy atom. The van der Waals surface area contributed by atoms with Gasteiger partial charge in [0, 0.05) is 6.26 Å². The second kappa shape index (κ2) is 2.07. The number of nitrogens with zero attached hydrogens (tertiary/aromatic N) is 1. The highest BCUT2D eigenvalue weighted by molar-refractivity contribution is 7.92.